The average molecular weight is 188 g/mol. The van der Waals surface area contributed by atoms with E-state index < -0.39 is 0 Å². The van der Waals surface area contributed by atoms with Crippen molar-refractivity contribution in [3.8, 4) is 0 Å². The lowest BCUT2D eigenvalue weighted by Gasteiger charge is -2.02. The third kappa shape index (κ3) is 3.28. The Balaban J connectivity index is 2.06. The molecule has 0 saturated carbocycles. The Bertz CT molecular complexity index is 242. The highest BCUT2D eigenvalue weighted by atomic mass is 32.2. The molecule has 1 aromatic heterocycles. The standard InChI is InChI=1S/C8H14N2OS/c1-8-5-10(6-9-8)7-11-3-4-12-2/h5-6H,3-4,7H2,1-2H3/i2T. The number of imidazole rings is 1. The maximum absolute atomic E-state index is 6.90. The Kier molecular flexibility index (Phi) is 3.54. The number of aromatic nitrogens is 2. The first kappa shape index (κ1) is 8.13. The summed E-state index contributed by atoms with van der Waals surface area (Å²) in [6.45, 7) is 3.20. The molecule has 0 aliphatic carbocycles. The molecule has 0 spiro atoms. The first-order chi connectivity index (χ1) is 6.33. The molecule has 4 heteroatoms. The van der Waals surface area contributed by atoms with E-state index in [1.54, 1.807) is 18.1 Å². The molecule has 0 atom stereocenters. The van der Waals surface area contributed by atoms with Crippen LogP contribution in [0.2, 0.25) is 0 Å². The summed E-state index contributed by atoms with van der Waals surface area (Å²) in [4.78, 5) is 4.08. The van der Waals surface area contributed by atoms with Gasteiger partial charge in [-0.1, -0.05) is 0 Å². The number of nitrogens with zero attached hydrogens (tertiary/aromatic N) is 2. The lowest BCUT2D eigenvalue weighted by atomic mass is 10.6. The summed E-state index contributed by atoms with van der Waals surface area (Å²) in [7, 11) is 0. The van der Waals surface area contributed by atoms with Gasteiger partial charge in [-0.2, -0.15) is 11.8 Å². The molecule has 0 fully saturated rings. The molecule has 0 radical (unpaired) electrons. The van der Waals surface area contributed by atoms with E-state index in [4.69, 9.17) is 6.11 Å². The minimum Gasteiger partial charge on any atom is -0.360 e. The number of hydrogen-bond donors (Lipinski definition) is 0. The quantitative estimate of drug-likeness (QED) is 0.656. The van der Waals surface area contributed by atoms with Crippen molar-refractivity contribution in [2.75, 3.05) is 18.6 Å². The van der Waals surface area contributed by atoms with Crippen LogP contribution in [0.5, 0.6) is 0 Å². The molecule has 0 saturated heterocycles. The van der Waals surface area contributed by atoms with Crippen LogP contribution in [0.3, 0.4) is 0 Å². The smallest absolute Gasteiger partial charge is 0.123 e. The first-order valence-corrected chi connectivity index (χ1v) is 4.91. The van der Waals surface area contributed by atoms with Crippen molar-refractivity contribution in [3.05, 3.63) is 18.2 Å². The zero-order valence-electron chi connectivity index (χ0n) is 8.19. The second-order valence-electron chi connectivity index (χ2n) is 2.47. The molecule has 0 unspecified atom stereocenters. The van der Waals surface area contributed by atoms with Gasteiger partial charge in [0.15, 0.2) is 0 Å². The van der Waals surface area contributed by atoms with Gasteiger partial charge in [0.1, 0.15) is 6.73 Å². The fourth-order valence-corrected chi connectivity index (χ4v) is 1.07. The Hall–Kier alpha value is -0.480. The van der Waals surface area contributed by atoms with E-state index in [1.807, 2.05) is 17.7 Å². The van der Waals surface area contributed by atoms with Gasteiger partial charge in [0.25, 0.3) is 0 Å². The first-order valence-electron chi connectivity index (χ1n) is 4.46. The largest absolute Gasteiger partial charge is 0.360 e. The van der Waals surface area contributed by atoms with Crippen molar-refractivity contribution in [2.45, 2.75) is 13.7 Å². The summed E-state index contributed by atoms with van der Waals surface area (Å²) in [5.74, 6) is 0.886. The van der Waals surface area contributed by atoms with Crippen molar-refractivity contribution in [1.29, 1.82) is 0 Å². The second kappa shape index (κ2) is 5.22. The molecule has 0 aliphatic rings. The molecule has 3 nitrogen and oxygen atoms in total. The van der Waals surface area contributed by atoms with Crippen LogP contribution in [0.1, 0.15) is 7.06 Å². The molecule has 0 N–H and O–H groups in total. The summed E-state index contributed by atoms with van der Waals surface area (Å²) >= 11 is 1.57. The minimum atomic E-state index is 0.410. The van der Waals surface area contributed by atoms with Crippen LogP contribution in [0.25, 0.3) is 0 Å². The molecule has 68 valence electrons. The van der Waals surface area contributed by atoms with E-state index >= 15 is 0 Å². The highest BCUT2D eigenvalue weighted by Crippen LogP contribution is 1.95. The van der Waals surface area contributed by atoms with Gasteiger partial charge in [-0.3, -0.25) is 0 Å². The van der Waals surface area contributed by atoms with Gasteiger partial charge in [-0.15, -0.1) is 0 Å². The lowest BCUT2D eigenvalue weighted by molar-refractivity contribution is 0.0898. The van der Waals surface area contributed by atoms with Crippen LogP contribution in [0, 0.1) is 6.92 Å². The number of thioether (sulfide) groups is 1. The van der Waals surface area contributed by atoms with Gasteiger partial charge < -0.3 is 9.30 Å². The summed E-state index contributed by atoms with van der Waals surface area (Å²) in [5.41, 5.74) is 1.00. The Morgan fingerprint density at radius 2 is 2.75 bits per heavy atom. The number of rotatable bonds is 5. The molecule has 1 rings (SSSR count). The zero-order valence-corrected chi connectivity index (χ0v) is 8.01. The third-order valence-corrected chi connectivity index (χ3v) is 1.83. The van der Waals surface area contributed by atoms with Crippen LogP contribution in [0.4, 0.5) is 0 Å². The van der Waals surface area contributed by atoms with E-state index in [0.717, 1.165) is 11.4 Å². The minimum absolute atomic E-state index is 0.410. The maximum Gasteiger partial charge on any atom is 0.123 e. The van der Waals surface area contributed by atoms with Gasteiger partial charge in [-0.05, 0) is 13.2 Å². The van der Waals surface area contributed by atoms with E-state index in [9.17, 15) is 0 Å². The number of aryl methyl sites for hydroxylation is 1. The highest BCUT2D eigenvalue weighted by Gasteiger charge is 1.92. The summed E-state index contributed by atoms with van der Waals surface area (Å²) in [6, 6.07) is 0. The van der Waals surface area contributed by atoms with Crippen LogP contribution in [0.15, 0.2) is 12.5 Å². The Morgan fingerprint density at radius 3 is 3.42 bits per heavy atom. The van der Waals surface area contributed by atoms with E-state index in [-0.39, 0.29) is 0 Å². The Morgan fingerprint density at radius 1 is 1.83 bits per heavy atom. The molecule has 0 bridgehead atoms. The highest BCUT2D eigenvalue weighted by molar-refractivity contribution is 7.98. The van der Waals surface area contributed by atoms with Gasteiger partial charge in [0.05, 0.1) is 18.6 Å². The monoisotopic (exact) mass is 188 g/mol. The molecular weight excluding hydrogens is 172 g/mol. The van der Waals surface area contributed by atoms with Gasteiger partial charge in [0.2, 0.25) is 0 Å². The molecule has 12 heavy (non-hydrogen) atoms. The molecule has 1 heterocycles. The molecule has 0 amide bonds. The SMILES string of the molecule is [3H]CSCCOCn1cnc(C)c1. The molecular formula is C8H14N2OS. The normalized spacial score (nSPS) is 11.6. The van der Waals surface area contributed by atoms with Crippen molar-refractivity contribution in [3.63, 3.8) is 0 Å². The maximum atomic E-state index is 6.90. The van der Waals surface area contributed by atoms with Gasteiger partial charge >= 0.3 is 0 Å². The van der Waals surface area contributed by atoms with Crippen LogP contribution >= 0.6 is 11.8 Å². The second-order valence-corrected chi connectivity index (χ2v) is 3.29. The van der Waals surface area contributed by atoms with Crippen molar-refractivity contribution in [1.82, 2.24) is 9.55 Å². The topological polar surface area (TPSA) is 27.1 Å². The number of ether oxygens (including phenoxy) is 1. The number of hydrogen-bond acceptors (Lipinski definition) is 3. The van der Waals surface area contributed by atoms with Crippen LogP contribution < -0.4 is 0 Å². The van der Waals surface area contributed by atoms with Crippen LogP contribution in [-0.4, -0.2) is 28.1 Å². The summed E-state index contributed by atoms with van der Waals surface area (Å²) in [6.07, 6.45) is 4.11. The fourth-order valence-electron chi connectivity index (χ4n) is 0.830. The van der Waals surface area contributed by atoms with Crippen molar-refractivity contribution in [2.24, 2.45) is 0 Å². The van der Waals surface area contributed by atoms with E-state index in [1.165, 1.54) is 0 Å². The van der Waals surface area contributed by atoms with Crippen molar-refractivity contribution >= 4 is 11.8 Å². The van der Waals surface area contributed by atoms with Crippen molar-refractivity contribution < 1.29 is 6.11 Å². The van der Waals surface area contributed by atoms with Gasteiger partial charge in [0, 0.05) is 13.3 Å². The summed E-state index contributed by atoms with van der Waals surface area (Å²) in [5, 5.41) is 0. The molecule has 0 aliphatic heterocycles. The summed E-state index contributed by atoms with van der Waals surface area (Å²) < 4.78 is 14.2. The predicted octanol–water partition coefficient (Wildman–Crippen LogP) is 1.53. The zero-order chi connectivity index (χ0) is 9.52. The third-order valence-electron chi connectivity index (χ3n) is 1.37. The lowest BCUT2D eigenvalue weighted by Crippen LogP contribution is -2.02. The fraction of sp³-hybridized carbons (Fsp3) is 0.625. The van der Waals surface area contributed by atoms with E-state index in [0.29, 0.717) is 19.6 Å². The Labute approximate surface area is 78.5 Å². The predicted molar refractivity (Wildman–Crippen MR) is 51.3 cm³/mol. The average Bonchev–Trinajstić information content (AvgIpc) is 2.51. The molecule has 1 aromatic rings. The van der Waals surface area contributed by atoms with Gasteiger partial charge in [-0.25, -0.2) is 4.98 Å². The van der Waals surface area contributed by atoms with Crippen LogP contribution in [-0.2, 0) is 11.5 Å². The van der Waals surface area contributed by atoms with E-state index in [2.05, 4.69) is 4.98 Å². The molecule has 0 aromatic carbocycles.